The molecule has 8 heteroatoms. The number of pyridine rings is 1. The topological polar surface area (TPSA) is 90.2 Å². The van der Waals surface area contributed by atoms with Gasteiger partial charge in [0.2, 0.25) is 0 Å². The molecule has 2 aliphatic heterocycles. The Hall–Kier alpha value is -3.28. The van der Waals surface area contributed by atoms with E-state index in [-0.39, 0.29) is 5.54 Å². The predicted molar refractivity (Wildman–Crippen MR) is 124 cm³/mol. The monoisotopic (exact) mass is 429 g/mol. The molecular weight excluding hydrogens is 402 g/mol. The highest BCUT2D eigenvalue weighted by Gasteiger charge is 2.48. The molecule has 2 aromatic heterocycles. The summed E-state index contributed by atoms with van der Waals surface area (Å²) in [6, 6.07) is 10.1. The lowest BCUT2D eigenvalue weighted by molar-refractivity contribution is -0.0692. The minimum absolute atomic E-state index is 0.0890. The van der Waals surface area contributed by atoms with Gasteiger partial charge in [0.05, 0.1) is 36.1 Å². The number of ether oxygens (including phenoxy) is 1. The number of aryl methyl sites for hydroxylation is 1. The molecule has 164 valence electrons. The first-order chi connectivity index (χ1) is 15.5. The van der Waals surface area contributed by atoms with E-state index in [1.807, 2.05) is 38.2 Å². The highest BCUT2D eigenvalue weighted by molar-refractivity contribution is 5.94. The van der Waals surface area contributed by atoms with E-state index in [1.54, 1.807) is 0 Å². The van der Waals surface area contributed by atoms with Gasteiger partial charge in [-0.05, 0) is 44.2 Å². The van der Waals surface area contributed by atoms with Crippen LogP contribution in [0.15, 0.2) is 30.5 Å². The second-order valence-corrected chi connectivity index (χ2v) is 8.83. The lowest BCUT2D eigenvalue weighted by Crippen LogP contribution is -2.73. The third kappa shape index (κ3) is 3.44. The summed E-state index contributed by atoms with van der Waals surface area (Å²) in [6.45, 7) is 8.85. The van der Waals surface area contributed by atoms with Crippen LogP contribution < -0.4 is 10.2 Å². The fraction of sp³-hybridized carbons (Fsp3) is 0.417. The van der Waals surface area contributed by atoms with Crippen molar-refractivity contribution in [3.05, 3.63) is 52.8 Å². The van der Waals surface area contributed by atoms with Crippen LogP contribution in [0.2, 0.25) is 0 Å². The van der Waals surface area contributed by atoms with Gasteiger partial charge in [0, 0.05) is 43.1 Å². The molecule has 2 saturated heterocycles. The number of anilines is 2. The molecular formula is C24H27N7O. The quantitative estimate of drug-likeness (QED) is 0.677. The van der Waals surface area contributed by atoms with Crippen LogP contribution >= 0.6 is 0 Å². The molecule has 0 saturated carbocycles. The largest absolute Gasteiger partial charge is 0.378 e. The molecule has 8 nitrogen and oxygen atoms in total. The van der Waals surface area contributed by atoms with E-state index in [0.29, 0.717) is 12.1 Å². The molecule has 0 amide bonds. The maximum Gasteiger partial charge on any atom is 0.157 e. The number of hydrogen-bond acceptors (Lipinski definition) is 8. The summed E-state index contributed by atoms with van der Waals surface area (Å²) in [5.74, 6) is 1.67. The van der Waals surface area contributed by atoms with Gasteiger partial charge in [0.25, 0.3) is 0 Å². The summed E-state index contributed by atoms with van der Waals surface area (Å²) in [6.07, 6.45) is 1.90. The van der Waals surface area contributed by atoms with Crippen molar-refractivity contribution in [2.75, 3.05) is 50.1 Å². The normalized spacial score (nSPS) is 17.9. The number of rotatable bonds is 4. The highest BCUT2D eigenvalue weighted by atomic mass is 16.5. The van der Waals surface area contributed by atoms with Crippen molar-refractivity contribution in [1.29, 1.82) is 5.26 Å². The molecule has 5 rings (SSSR count). The molecule has 4 heterocycles. The van der Waals surface area contributed by atoms with Crippen LogP contribution in [0, 0.1) is 25.2 Å². The van der Waals surface area contributed by atoms with Crippen LogP contribution in [0.25, 0.3) is 10.8 Å². The van der Waals surface area contributed by atoms with E-state index in [9.17, 15) is 5.26 Å². The number of nitrogens with one attached hydrogen (secondary N) is 1. The molecule has 1 aromatic carbocycles. The Morgan fingerprint density at radius 3 is 2.84 bits per heavy atom. The third-order valence-corrected chi connectivity index (χ3v) is 6.89. The Balaban J connectivity index is 1.41. The molecule has 1 N–H and O–H groups in total. The minimum Gasteiger partial charge on any atom is -0.378 e. The Bertz CT molecular complexity index is 1210. The zero-order valence-corrected chi connectivity index (χ0v) is 18.7. The number of nitrogens with zero attached hydrogens (tertiary/aromatic N) is 6. The van der Waals surface area contributed by atoms with Crippen molar-refractivity contribution in [3.8, 4) is 6.07 Å². The lowest BCUT2D eigenvalue weighted by Gasteiger charge is -2.56. The van der Waals surface area contributed by atoms with Gasteiger partial charge in [0.1, 0.15) is 5.82 Å². The van der Waals surface area contributed by atoms with Gasteiger partial charge in [-0.3, -0.25) is 4.90 Å². The number of aromatic nitrogens is 3. The maximum absolute atomic E-state index is 9.30. The number of morpholine rings is 1. The minimum atomic E-state index is 0.0890. The van der Waals surface area contributed by atoms with Crippen LogP contribution in [-0.2, 0) is 11.3 Å². The number of hydrogen-bond donors (Lipinski definition) is 1. The van der Waals surface area contributed by atoms with Crippen molar-refractivity contribution in [1.82, 2.24) is 20.1 Å². The average Bonchev–Trinajstić information content (AvgIpc) is 2.78. The van der Waals surface area contributed by atoms with Crippen LogP contribution in [0.5, 0.6) is 0 Å². The molecule has 2 fully saturated rings. The van der Waals surface area contributed by atoms with Gasteiger partial charge < -0.3 is 15.0 Å². The van der Waals surface area contributed by atoms with Crippen LogP contribution in [0.3, 0.4) is 0 Å². The fourth-order valence-electron chi connectivity index (χ4n) is 4.61. The van der Waals surface area contributed by atoms with Crippen molar-refractivity contribution in [3.63, 3.8) is 0 Å². The van der Waals surface area contributed by atoms with E-state index in [4.69, 9.17) is 9.72 Å². The van der Waals surface area contributed by atoms with Crippen molar-refractivity contribution in [2.45, 2.75) is 25.9 Å². The summed E-state index contributed by atoms with van der Waals surface area (Å²) in [4.78, 5) is 9.43. The third-order valence-electron chi connectivity index (χ3n) is 6.89. The maximum atomic E-state index is 9.30. The van der Waals surface area contributed by atoms with Gasteiger partial charge in [0.15, 0.2) is 5.82 Å². The highest BCUT2D eigenvalue weighted by Crippen LogP contribution is 2.35. The fourth-order valence-corrected chi connectivity index (χ4v) is 4.61. The molecule has 0 aliphatic carbocycles. The zero-order valence-electron chi connectivity index (χ0n) is 18.7. The molecule has 1 spiro atoms. The van der Waals surface area contributed by atoms with Gasteiger partial charge in [-0.1, -0.05) is 12.1 Å². The molecule has 0 radical (unpaired) electrons. The van der Waals surface area contributed by atoms with Crippen molar-refractivity contribution < 1.29 is 4.74 Å². The Labute approximate surface area is 187 Å². The molecule has 2 aliphatic rings. The molecule has 0 atom stereocenters. The molecule has 0 bridgehead atoms. The first-order valence-electron chi connectivity index (χ1n) is 10.9. The summed E-state index contributed by atoms with van der Waals surface area (Å²) >= 11 is 0. The summed E-state index contributed by atoms with van der Waals surface area (Å²) in [7, 11) is 2.18. The van der Waals surface area contributed by atoms with Gasteiger partial charge in [-0.25, -0.2) is 4.98 Å². The van der Waals surface area contributed by atoms with Crippen molar-refractivity contribution >= 4 is 22.4 Å². The van der Waals surface area contributed by atoms with E-state index >= 15 is 0 Å². The Kier molecular flexibility index (Phi) is 5.16. The number of fused-ring (bicyclic) bond motifs is 1. The number of nitriles is 1. The van der Waals surface area contributed by atoms with E-state index in [0.717, 1.165) is 72.1 Å². The van der Waals surface area contributed by atoms with Crippen molar-refractivity contribution in [2.24, 2.45) is 0 Å². The Morgan fingerprint density at radius 2 is 2.06 bits per heavy atom. The molecule has 32 heavy (non-hydrogen) atoms. The second-order valence-electron chi connectivity index (χ2n) is 8.83. The standard InChI is InChI=1S/C24H27N7O/c1-16-18(10-25)5-4-6-19(16)11-27-23-20-9-22(26-12-21(20)17(2)28-29-23)31-13-24(14-31)15-32-8-7-30(24)3/h4-6,9,12H,7-8,11,13-15H2,1-3H3,(H,27,29). The molecule has 3 aromatic rings. The van der Waals surface area contributed by atoms with Crippen LogP contribution in [-0.4, -0.2) is 65.5 Å². The second kappa shape index (κ2) is 8.01. The van der Waals surface area contributed by atoms with Gasteiger partial charge in [-0.15, -0.1) is 5.10 Å². The number of benzene rings is 1. The zero-order chi connectivity index (χ0) is 22.3. The summed E-state index contributed by atoms with van der Waals surface area (Å²) in [5, 5.41) is 23.5. The van der Waals surface area contributed by atoms with Gasteiger partial charge in [-0.2, -0.15) is 10.4 Å². The van der Waals surface area contributed by atoms with E-state index in [1.165, 1.54) is 0 Å². The van der Waals surface area contributed by atoms with E-state index in [2.05, 4.69) is 44.5 Å². The van der Waals surface area contributed by atoms with Gasteiger partial charge >= 0.3 is 0 Å². The predicted octanol–water partition coefficient (Wildman–Crippen LogP) is 2.65. The smallest absolute Gasteiger partial charge is 0.157 e. The summed E-state index contributed by atoms with van der Waals surface area (Å²) < 4.78 is 5.75. The van der Waals surface area contributed by atoms with E-state index < -0.39 is 0 Å². The average molecular weight is 430 g/mol. The first kappa shape index (κ1) is 20.6. The molecule has 0 unspecified atom stereocenters. The number of likely N-dealkylation sites (N-methyl/N-ethyl adjacent to an activating group) is 1. The van der Waals surface area contributed by atoms with Crippen LogP contribution in [0.4, 0.5) is 11.6 Å². The lowest BCUT2D eigenvalue weighted by atomic mass is 9.88. The Morgan fingerprint density at radius 1 is 1.22 bits per heavy atom. The SMILES string of the molecule is Cc1c(C#N)cccc1CNc1nnc(C)c2cnc(N3CC4(COCCN4C)C3)cc12. The van der Waals surface area contributed by atoms with Crippen LogP contribution in [0.1, 0.15) is 22.4 Å². The summed E-state index contributed by atoms with van der Waals surface area (Å²) in [5.41, 5.74) is 3.69. The first-order valence-corrected chi connectivity index (χ1v) is 10.9.